The topological polar surface area (TPSA) is 62.6 Å². The third-order valence-corrected chi connectivity index (χ3v) is 3.76. The van der Waals surface area contributed by atoms with Crippen molar-refractivity contribution in [1.29, 1.82) is 0 Å². The van der Waals surface area contributed by atoms with E-state index in [1.807, 2.05) is 24.3 Å². The lowest BCUT2D eigenvalue weighted by atomic mass is 10.1. The van der Waals surface area contributed by atoms with Crippen LogP contribution < -0.4 is 10.2 Å². The van der Waals surface area contributed by atoms with Crippen molar-refractivity contribution in [3.63, 3.8) is 0 Å². The Hall–Kier alpha value is -2.56. The number of furan rings is 1. The van der Waals surface area contributed by atoms with Crippen LogP contribution in [0.5, 0.6) is 0 Å². The molecule has 1 N–H and O–H groups in total. The Morgan fingerprint density at radius 1 is 1.18 bits per heavy atom. The van der Waals surface area contributed by atoms with Crippen LogP contribution >= 0.6 is 0 Å². The summed E-state index contributed by atoms with van der Waals surface area (Å²) in [6.45, 7) is 0.367. The van der Waals surface area contributed by atoms with Crippen molar-refractivity contribution in [3.05, 3.63) is 54.0 Å². The predicted octanol–water partition coefficient (Wildman–Crippen LogP) is 2.27. The van der Waals surface area contributed by atoms with Gasteiger partial charge in [0.2, 0.25) is 11.8 Å². The van der Waals surface area contributed by atoms with Gasteiger partial charge in [0.15, 0.2) is 0 Å². The first-order valence-corrected chi connectivity index (χ1v) is 7.41. The fourth-order valence-electron chi connectivity index (χ4n) is 2.66. The second-order valence-corrected chi connectivity index (χ2v) is 5.32. The van der Waals surface area contributed by atoms with Crippen molar-refractivity contribution >= 4 is 17.5 Å². The Morgan fingerprint density at radius 2 is 2.05 bits per heavy atom. The summed E-state index contributed by atoms with van der Waals surface area (Å²) < 4.78 is 5.18. The van der Waals surface area contributed by atoms with Crippen molar-refractivity contribution in [1.82, 2.24) is 5.32 Å². The van der Waals surface area contributed by atoms with Crippen LogP contribution in [0.4, 0.5) is 5.69 Å². The fraction of sp³-hybridized carbons (Fsp3) is 0.294. The smallest absolute Gasteiger partial charge is 0.240 e. The fourth-order valence-corrected chi connectivity index (χ4v) is 2.66. The third-order valence-electron chi connectivity index (χ3n) is 3.76. The Kier molecular flexibility index (Phi) is 4.23. The largest absolute Gasteiger partial charge is 0.467 e. The normalized spacial score (nSPS) is 14.4. The molecular weight excluding hydrogens is 280 g/mol. The van der Waals surface area contributed by atoms with E-state index in [9.17, 15) is 9.59 Å². The molecule has 1 aromatic carbocycles. The van der Waals surface area contributed by atoms with Crippen LogP contribution in [0.15, 0.2) is 47.1 Å². The summed E-state index contributed by atoms with van der Waals surface area (Å²) in [7, 11) is 0. The van der Waals surface area contributed by atoms with Crippen LogP contribution in [0.1, 0.15) is 24.2 Å². The van der Waals surface area contributed by atoms with Gasteiger partial charge in [0.25, 0.3) is 0 Å². The van der Waals surface area contributed by atoms with Gasteiger partial charge in [-0.05, 0) is 36.6 Å². The van der Waals surface area contributed by atoms with Gasteiger partial charge in [-0.1, -0.05) is 18.2 Å². The van der Waals surface area contributed by atoms with E-state index in [0.29, 0.717) is 18.7 Å². The summed E-state index contributed by atoms with van der Waals surface area (Å²) in [5, 5.41) is 2.78. The van der Waals surface area contributed by atoms with Crippen LogP contribution in [0.2, 0.25) is 0 Å². The van der Waals surface area contributed by atoms with Gasteiger partial charge in [-0.2, -0.15) is 0 Å². The van der Waals surface area contributed by atoms with Gasteiger partial charge < -0.3 is 14.6 Å². The summed E-state index contributed by atoms with van der Waals surface area (Å²) in [5.41, 5.74) is 1.96. The van der Waals surface area contributed by atoms with Gasteiger partial charge in [-0.3, -0.25) is 9.59 Å². The first-order chi connectivity index (χ1) is 10.7. The van der Waals surface area contributed by atoms with Crippen molar-refractivity contribution in [3.8, 4) is 0 Å². The van der Waals surface area contributed by atoms with Gasteiger partial charge >= 0.3 is 0 Å². The van der Waals surface area contributed by atoms with Crippen molar-refractivity contribution in [2.45, 2.75) is 25.8 Å². The predicted molar refractivity (Wildman–Crippen MR) is 82.3 cm³/mol. The molecule has 1 aromatic heterocycles. The standard InChI is InChI=1S/C17H18N2O3/c20-16(18-11-14-7-4-10-22-14)12-19-15-8-2-1-5-13(15)6-3-9-17(19)21/h1-2,4-5,7-8,10H,3,6,9,11-12H2,(H,18,20). The van der Waals surface area contributed by atoms with Gasteiger partial charge in [0, 0.05) is 12.1 Å². The quantitative estimate of drug-likeness (QED) is 0.942. The van der Waals surface area contributed by atoms with Gasteiger partial charge in [-0.25, -0.2) is 0 Å². The molecule has 0 saturated heterocycles. The molecule has 5 nitrogen and oxygen atoms in total. The molecule has 5 heteroatoms. The molecule has 0 spiro atoms. The minimum absolute atomic E-state index is 0.00176. The second-order valence-electron chi connectivity index (χ2n) is 5.32. The molecule has 2 aromatic rings. The highest BCUT2D eigenvalue weighted by atomic mass is 16.3. The number of rotatable bonds is 4. The van der Waals surface area contributed by atoms with Crippen LogP contribution in [-0.2, 0) is 22.6 Å². The zero-order valence-corrected chi connectivity index (χ0v) is 12.2. The maximum Gasteiger partial charge on any atom is 0.240 e. The molecule has 0 atom stereocenters. The molecular formula is C17H18N2O3. The minimum Gasteiger partial charge on any atom is -0.467 e. The molecule has 0 aliphatic carbocycles. The summed E-state index contributed by atoms with van der Waals surface area (Å²) in [5.74, 6) is 0.496. The van der Waals surface area contributed by atoms with E-state index in [1.54, 1.807) is 23.3 Å². The maximum atomic E-state index is 12.3. The molecule has 0 saturated carbocycles. The number of anilines is 1. The zero-order valence-electron chi connectivity index (χ0n) is 12.2. The Labute approximate surface area is 128 Å². The van der Waals surface area contributed by atoms with Crippen molar-refractivity contribution in [2.24, 2.45) is 0 Å². The van der Waals surface area contributed by atoms with Crippen molar-refractivity contribution in [2.75, 3.05) is 11.4 Å². The van der Waals surface area contributed by atoms with Crippen LogP contribution in [0.3, 0.4) is 0 Å². The molecule has 2 amide bonds. The third kappa shape index (κ3) is 3.19. The number of amides is 2. The van der Waals surface area contributed by atoms with Gasteiger partial charge in [0.1, 0.15) is 12.3 Å². The number of benzene rings is 1. The lowest BCUT2D eigenvalue weighted by Gasteiger charge is -2.22. The average molecular weight is 298 g/mol. The number of nitrogens with one attached hydrogen (secondary N) is 1. The molecule has 0 fully saturated rings. The lowest BCUT2D eigenvalue weighted by molar-refractivity contribution is -0.124. The highest BCUT2D eigenvalue weighted by molar-refractivity contribution is 5.99. The van der Waals surface area contributed by atoms with E-state index in [4.69, 9.17) is 4.42 Å². The number of aryl methyl sites for hydroxylation is 1. The molecule has 3 rings (SSSR count). The summed E-state index contributed by atoms with van der Waals surface area (Å²) in [4.78, 5) is 26.0. The number of carbonyl (C=O) groups excluding carboxylic acids is 2. The maximum absolute atomic E-state index is 12.3. The number of fused-ring (bicyclic) bond motifs is 1. The second kappa shape index (κ2) is 6.47. The number of hydrogen-bond donors (Lipinski definition) is 1. The summed E-state index contributed by atoms with van der Waals surface area (Å²) in [6.07, 6.45) is 3.73. The lowest BCUT2D eigenvalue weighted by Crippen LogP contribution is -2.40. The van der Waals surface area contributed by atoms with Gasteiger partial charge in [-0.15, -0.1) is 0 Å². The van der Waals surface area contributed by atoms with Gasteiger partial charge in [0.05, 0.1) is 12.8 Å². The summed E-state index contributed by atoms with van der Waals surface area (Å²) >= 11 is 0. The molecule has 0 radical (unpaired) electrons. The van der Waals surface area contributed by atoms with E-state index in [-0.39, 0.29) is 18.4 Å². The van der Waals surface area contributed by atoms with E-state index < -0.39 is 0 Å². The van der Waals surface area contributed by atoms with Crippen LogP contribution in [-0.4, -0.2) is 18.4 Å². The number of carbonyl (C=O) groups is 2. The molecule has 1 aliphatic heterocycles. The Bertz CT molecular complexity index is 664. The van der Waals surface area contributed by atoms with Crippen molar-refractivity contribution < 1.29 is 14.0 Å². The number of nitrogens with zero attached hydrogens (tertiary/aromatic N) is 1. The minimum atomic E-state index is -0.193. The Morgan fingerprint density at radius 3 is 2.86 bits per heavy atom. The van der Waals surface area contributed by atoms with E-state index in [2.05, 4.69) is 5.32 Å². The van der Waals surface area contributed by atoms with E-state index >= 15 is 0 Å². The molecule has 0 unspecified atom stereocenters. The zero-order chi connectivity index (χ0) is 15.4. The SMILES string of the molecule is O=C(CN1C(=O)CCCc2ccccc21)NCc1ccco1. The Balaban J connectivity index is 1.69. The van der Waals surface area contributed by atoms with E-state index in [0.717, 1.165) is 24.1 Å². The highest BCUT2D eigenvalue weighted by Crippen LogP contribution is 2.26. The first-order valence-electron chi connectivity index (χ1n) is 7.41. The molecule has 2 heterocycles. The van der Waals surface area contributed by atoms with Crippen LogP contribution in [0.25, 0.3) is 0 Å². The molecule has 0 bridgehead atoms. The monoisotopic (exact) mass is 298 g/mol. The van der Waals surface area contributed by atoms with Crippen LogP contribution in [0, 0.1) is 0 Å². The first kappa shape index (κ1) is 14.4. The average Bonchev–Trinajstić information content (AvgIpc) is 2.99. The molecule has 22 heavy (non-hydrogen) atoms. The summed E-state index contributed by atoms with van der Waals surface area (Å²) in [6, 6.07) is 11.3. The number of para-hydroxylation sites is 1. The molecule has 1 aliphatic rings. The molecule has 114 valence electrons. The highest BCUT2D eigenvalue weighted by Gasteiger charge is 2.23. The number of hydrogen-bond acceptors (Lipinski definition) is 3. The van der Waals surface area contributed by atoms with E-state index in [1.165, 1.54) is 0 Å².